The average molecular weight is 295 g/mol. The minimum atomic E-state index is -4.32. The van der Waals surface area contributed by atoms with Crippen LogP contribution in [0.5, 0.6) is 0 Å². The third kappa shape index (κ3) is 4.03. The number of hydrogen-bond donors (Lipinski definition) is 2. The largest absolute Gasteiger partial charge is 0.416 e. The van der Waals surface area contributed by atoms with E-state index in [-0.39, 0.29) is 6.04 Å². The minimum absolute atomic E-state index is 0.248. The Morgan fingerprint density at radius 2 is 1.86 bits per heavy atom. The van der Waals surface area contributed by atoms with Crippen LogP contribution in [0, 0.1) is 6.92 Å². The molecule has 21 heavy (non-hydrogen) atoms. The van der Waals surface area contributed by atoms with Crippen LogP contribution in [0.2, 0.25) is 0 Å². The van der Waals surface area contributed by atoms with Gasteiger partial charge in [-0.2, -0.15) is 13.2 Å². The molecule has 0 fully saturated rings. The molecule has 112 valence electrons. The zero-order valence-corrected chi connectivity index (χ0v) is 11.5. The number of benzene rings is 1. The molecule has 2 aromatic rings. The van der Waals surface area contributed by atoms with E-state index in [4.69, 9.17) is 5.84 Å². The van der Waals surface area contributed by atoms with Crippen molar-refractivity contribution in [3.8, 4) is 0 Å². The van der Waals surface area contributed by atoms with Gasteiger partial charge in [0.15, 0.2) is 0 Å². The molecule has 0 aliphatic heterocycles. The number of halogens is 3. The van der Waals surface area contributed by atoms with Crippen molar-refractivity contribution < 1.29 is 13.2 Å². The summed E-state index contributed by atoms with van der Waals surface area (Å²) in [6.07, 6.45) is -2.17. The van der Waals surface area contributed by atoms with Gasteiger partial charge >= 0.3 is 6.18 Å². The molecule has 0 aliphatic rings. The summed E-state index contributed by atoms with van der Waals surface area (Å²) in [7, 11) is 0. The Balaban J connectivity index is 2.15. The van der Waals surface area contributed by atoms with Crippen molar-refractivity contribution in [2.24, 2.45) is 5.84 Å². The number of nitrogens with two attached hydrogens (primary N) is 1. The second kappa shape index (κ2) is 6.24. The standard InChI is InChI=1S/C15H16F3N3/c1-10-6-7-20-13(8-10)14(21-19)9-11-2-4-12(5-3-11)15(16,17)18/h2-8,14,21H,9,19H2,1H3. The van der Waals surface area contributed by atoms with Crippen molar-refractivity contribution >= 4 is 0 Å². The van der Waals surface area contributed by atoms with Crippen LogP contribution in [0.3, 0.4) is 0 Å². The molecule has 1 unspecified atom stereocenters. The van der Waals surface area contributed by atoms with Crippen molar-refractivity contribution in [1.82, 2.24) is 10.4 Å². The predicted molar refractivity (Wildman–Crippen MR) is 74.2 cm³/mol. The molecule has 0 saturated heterocycles. The fraction of sp³-hybridized carbons (Fsp3) is 0.267. The number of aromatic nitrogens is 1. The Labute approximate surface area is 121 Å². The molecular formula is C15H16F3N3. The molecule has 2 rings (SSSR count). The van der Waals surface area contributed by atoms with Gasteiger partial charge in [-0.15, -0.1) is 0 Å². The molecule has 0 bridgehead atoms. The van der Waals surface area contributed by atoms with E-state index >= 15 is 0 Å². The predicted octanol–water partition coefficient (Wildman–Crippen LogP) is 3.16. The van der Waals surface area contributed by atoms with Crippen molar-refractivity contribution in [2.45, 2.75) is 25.6 Å². The molecule has 0 aliphatic carbocycles. The molecule has 0 saturated carbocycles. The maximum Gasteiger partial charge on any atom is 0.416 e. The molecule has 1 heterocycles. The van der Waals surface area contributed by atoms with Crippen LogP contribution in [-0.4, -0.2) is 4.98 Å². The second-order valence-electron chi connectivity index (χ2n) is 4.88. The summed E-state index contributed by atoms with van der Waals surface area (Å²) >= 11 is 0. The number of hydrazine groups is 1. The number of alkyl halides is 3. The smallest absolute Gasteiger partial charge is 0.271 e. The highest BCUT2D eigenvalue weighted by atomic mass is 19.4. The van der Waals surface area contributed by atoms with E-state index in [2.05, 4.69) is 10.4 Å². The molecule has 3 N–H and O–H groups in total. The van der Waals surface area contributed by atoms with Crippen LogP contribution in [0.15, 0.2) is 42.6 Å². The van der Waals surface area contributed by atoms with Gasteiger partial charge in [0, 0.05) is 6.20 Å². The fourth-order valence-corrected chi connectivity index (χ4v) is 2.06. The van der Waals surface area contributed by atoms with Gasteiger partial charge in [-0.05, 0) is 48.7 Å². The highest BCUT2D eigenvalue weighted by Gasteiger charge is 2.30. The van der Waals surface area contributed by atoms with Crippen molar-refractivity contribution in [2.75, 3.05) is 0 Å². The number of rotatable bonds is 4. The first-order valence-electron chi connectivity index (χ1n) is 6.45. The summed E-state index contributed by atoms with van der Waals surface area (Å²) in [6, 6.07) is 8.59. The van der Waals surface area contributed by atoms with Crippen LogP contribution in [0.4, 0.5) is 13.2 Å². The lowest BCUT2D eigenvalue weighted by Crippen LogP contribution is -2.30. The van der Waals surface area contributed by atoms with E-state index in [1.54, 1.807) is 6.20 Å². The number of nitrogens with one attached hydrogen (secondary N) is 1. The zero-order chi connectivity index (χ0) is 15.5. The SMILES string of the molecule is Cc1ccnc(C(Cc2ccc(C(F)(F)F)cc2)NN)c1. The Morgan fingerprint density at radius 3 is 2.38 bits per heavy atom. The fourth-order valence-electron chi connectivity index (χ4n) is 2.06. The van der Waals surface area contributed by atoms with E-state index in [0.717, 1.165) is 29.0 Å². The van der Waals surface area contributed by atoms with Crippen molar-refractivity contribution in [3.63, 3.8) is 0 Å². The molecule has 3 nitrogen and oxygen atoms in total. The first kappa shape index (κ1) is 15.5. The molecule has 1 aromatic carbocycles. The third-order valence-corrected chi connectivity index (χ3v) is 3.22. The number of hydrogen-bond acceptors (Lipinski definition) is 3. The maximum absolute atomic E-state index is 12.5. The Kier molecular flexibility index (Phi) is 4.59. The topological polar surface area (TPSA) is 50.9 Å². The van der Waals surface area contributed by atoms with Gasteiger partial charge in [0.2, 0.25) is 0 Å². The molecule has 6 heteroatoms. The summed E-state index contributed by atoms with van der Waals surface area (Å²) in [5, 5.41) is 0. The molecule has 1 aromatic heterocycles. The van der Waals surface area contributed by atoms with Gasteiger partial charge < -0.3 is 0 Å². The van der Waals surface area contributed by atoms with Gasteiger partial charge in [0.25, 0.3) is 0 Å². The van der Waals surface area contributed by atoms with Gasteiger partial charge in [-0.25, -0.2) is 0 Å². The Morgan fingerprint density at radius 1 is 1.19 bits per heavy atom. The lowest BCUT2D eigenvalue weighted by molar-refractivity contribution is -0.137. The highest BCUT2D eigenvalue weighted by molar-refractivity contribution is 5.27. The highest BCUT2D eigenvalue weighted by Crippen LogP contribution is 2.29. The molecular weight excluding hydrogens is 279 g/mol. The summed E-state index contributed by atoms with van der Waals surface area (Å²) < 4.78 is 37.5. The minimum Gasteiger partial charge on any atom is -0.271 e. The molecule has 0 amide bonds. The Hall–Kier alpha value is -1.92. The maximum atomic E-state index is 12.5. The molecule has 0 radical (unpaired) electrons. The first-order chi connectivity index (χ1) is 9.90. The van der Waals surface area contributed by atoms with Crippen LogP contribution >= 0.6 is 0 Å². The number of aryl methyl sites for hydroxylation is 1. The second-order valence-corrected chi connectivity index (χ2v) is 4.88. The lowest BCUT2D eigenvalue weighted by atomic mass is 10.0. The average Bonchev–Trinajstić information content (AvgIpc) is 2.44. The summed E-state index contributed by atoms with van der Waals surface area (Å²) in [4.78, 5) is 4.24. The lowest BCUT2D eigenvalue weighted by Gasteiger charge is -2.16. The van der Waals surface area contributed by atoms with Crippen molar-refractivity contribution in [1.29, 1.82) is 0 Å². The van der Waals surface area contributed by atoms with E-state index in [0.29, 0.717) is 6.42 Å². The van der Waals surface area contributed by atoms with Gasteiger partial charge in [-0.1, -0.05) is 12.1 Å². The summed E-state index contributed by atoms with van der Waals surface area (Å²) in [6.45, 7) is 1.94. The number of nitrogens with zero attached hydrogens (tertiary/aromatic N) is 1. The van der Waals surface area contributed by atoms with Gasteiger partial charge in [0.1, 0.15) is 0 Å². The first-order valence-corrected chi connectivity index (χ1v) is 6.45. The third-order valence-electron chi connectivity index (χ3n) is 3.22. The van der Waals surface area contributed by atoms with Crippen LogP contribution < -0.4 is 11.3 Å². The van der Waals surface area contributed by atoms with Crippen molar-refractivity contribution in [3.05, 3.63) is 65.0 Å². The monoisotopic (exact) mass is 295 g/mol. The van der Waals surface area contributed by atoms with E-state index < -0.39 is 11.7 Å². The zero-order valence-electron chi connectivity index (χ0n) is 11.5. The summed E-state index contributed by atoms with van der Waals surface area (Å²) in [5.74, 6) is 5.53. The van der Waals surface area contributed by atoms with Gasteiger partial charge in [-0.3, -0.25) is 16.3 Å². The van der Waals surface area contributed by atoms with Crippen LogP contribution in [-0.2, 0) is 12.6 Å². The Bertz CT molecular complexity index is 594. The van der Waals surface area contributed by atoms with Crippen LogP contribution in [0.25, 0.3) is 0 Å². The van der Waals surface area contributed by atoms with Crippen LogP contribution in [0.1, 0.15) is 28.4 Å². The molecule has 0 spiro atoms. The normalized spacial score (nSPS) is 13.2. The van der Waals surface area contributed by atoms with E-state index in [1.165, 1.54) is 12.1 Å². The quantitative estimate of drug-likeness (QED) is 0.673. The van der Waals surface area contributed by atoms with E-state index in [9.17, 15) is 13.2 Å². The summed E-state index contributed by atoms with van der Waals surface area (Å²) in [5.41, 5.74) is 4.57. The van der Waals surface area contributed by atoms with E-state index in [1.807, 2.05) is 19.1 Å². The van der Waals surface area contributed by atoms with Gasteiger partial charge in [0.05, 0.1) is 17.3 Å². The molecule has 1 atom stereocenters. The number of pyridine rings is 1.